The Labute approximate surface area is 113 Å². The summed E-state index contributed by atoms with van der Waals surface area (Å²) in [7, 11) is 1.52. The second-order valence-electron chi connectivity index (χ2n) is 3.82. The van der Waals surface area contributed by atoms with Crippen LogP contribution in [0.2, 0.25) is 0 Å². The van der Waals surface area contributed by atoms with E-state index < -0.39 is 0 Å². The Morgan fingerprint density at radius 2 is 2.05 bits per heavy atom. The van der Waals surface area contributed by atoms with Crippen molar-refractivity contribution in [2.75, 3.05) is 12.8 Å². The zero-order valence-electron chi connectivity index (χ0n) is 10.5. The summed E-state index contributed by atoms with van der Waals surface area (Å²) < 4.78 is 10.2. The van der Waals surface area contributed by atoms with Gasteiger partial charge in [-0.25, -0.2) is 15.0 Å². The van der Waals surface area contributed by atoms with Gasteiger partial charge < -0.3 is 15.0 Å². The Morgan fingerprint density at radius 3 is 2.85 bits per heavy atom. The maximum atomic E-state index is 5.61. The van der Waals surface area contributed by atoms with Crippen molar-refractivity contribution >= 4 is 5.82 Å². The first-order valence-electron chi connectivity index (χ1n) is 5.69. The molecule has 0 fully saturated rings. The van der Waals surface area contributed by atoms with Gasteiger partial charge in [-0.15, -0.1) is 0 Å². The molecule has 0 atom stereocenters. The molecule has 0 saturated heterocycles. The average Bonchev–Trinajstić information content (AvgIpc) is 2.97. The molecule has 0 unspecified atom stereocenters. The van der Waals surface area contributed by atoms with Crippen LogP contribution < -0.4 is 10.5 Å². The minimum absolute atomic E-state index is 0.268. The number of anilines is 1. The number of nitrogens with zero attached hydrogens (tertiary/aromatic N) is 5. The van der Waals surface area contributed by atoms with E-state index in [9.17, 15) is 0 Å². The predicted octanol–water partition coefficient (Wildman–Crippen LogP) is 1.18. The van der Waals surface area contributed by atoms with Gasteiger partial charge in [0.2, 0.25) is 11.7 Å². The highest BCUT2D eigenvalue weighted by molar-refractivity contribution is 5.56. The molecule has 0 radical (unpaired) electrons. The highest BCUT2D eigenvalue weighted by Crippen LogP contribution is 2.21. The first-order valence-corrected chi connectivity index (χ1v) is 5.69. The van der Waals surface area contributed by atoms with Crippen LogP contribution >= 0.6 is 0 Å². The largest absolute Gasteiger partial charge is 0.481 e. The van der Waals surface area contributed by atoms with Gasteiger partial charge in [-0.05, 0) is 12.1 Å². The van der Waals surface area contributed by atoms with E-state index in [1.54, 1.807) is 24.3 Å². The highest BCUT2D eigenvalue weighted by atomic mass is 16.5. The fourth-order valence-electron chi connectivity index (χ4n) is 1.58. The molecular weight excluding hydrogens is 260 g/mol. The normalized spacial score (nSPS) is 10.4. The third kappa shape index (κ3) is 2.26. The lowest BCUT2D eigenvalue weighted by atomic mass is 10.3. The van der Waals surface area contributed by atoms with Gasteiger partial charge in [-0.3, -0.25) is 0 Å². The Morgan fingerprint density at radius 1 is 1.15 bits per heavy atom. The van der Waals surface area contributed by atoms with Crippen LogP contribution in [0.3, 0.4) is 0 Å². The van der Waals surface area contributed by atoms with Crippen LogP contribution in [0, 0.1) is 0 Å². The van der Waals surface area contributed by atoms with Gasteiger partial charge in [0.25, 0.3) is 5.89 Å². The van der Waals surface area contributed by atoms with Crippen molar-refractivity contribution < 1.29 is 9.26 Å². The van der Waals surface area contributed by atoms with Crippen LogP contribution in [0.15, 0.2) is 35.1 Å². The quantitative estimate of drug-likeness (QED) is 0.754. The smallest absolute Gasteiger partial charge is 0.276 e. The van der Waals surface area contributed by atoms with Crippen molar-refractivity contribution in [2.24, 2.45) is 0 Å². The molecule has 0 amide bonds. The highest BCUT2D eigenvalue weighted by Gasteiger charge is 2.13. The van der Waals surface area contributed by atoms with E-state index in [-0.39, 0.29) is 5.89 Å². The molecule has 2 N–H and O–H groups in total. The van der Waals surface area contributed by atoms with E-state index in [1.165, 1.54) is 13.4 Å². The molecule has 0 aliphatic rings. The predicted molar refractivity (Wildman–Crippen MR) is 69.5 cm³/mol. The maximum Gasteiger partial charge on any atom is 0.276 e. The topological polar surface area (TPSA) is 113 Å². The SMILES string of the molecule is COc1cc(-c2noc(-c3cccc(N)n3)n2)ncn1. The molecule has 0 aromatic carbocycles. The van der Waals surface area contributed by atoms with Gasteiger partial charge in [-0.2, -0.15) is 4.98 Å². The minimum atomic E-state index is 0.268. The van der Waals surface area contributed by atoms with Crippen LogP contribution in [0.4, 0.5) is 5.82 Å². The molecule has 0 aliphatic carbocycles. The van der Waals surface area contributed by atoms with E-state index in [0.29, 0.717) is 28.9 Å². The van der Waals surface area contributed by atoms with Gasteiger partial charge in [0.1, 0.15) is 23.5 Å². The van der Waals surface area contributed by atoms with Crippen molar-refractivity contribution in [3.8, 4) is 29.0 Å². The average molecular weight is 270 g/mol. The number of rotatable bonds is 3. The Kier molecular flexibility index (Phi) is 2.96. The number of ether oxygens (including phenoxy) is 1. The van der Waals surface area contributed by atoms with Crippen molar-refractivity contribution in [1.29, 1.82) is 0 Å². The number of pyridine rings is 1. The van der Waals surface area contributed by atoms with E-state index in [1.807, 2.05) is 0 Å². The number of aromatic nitrogens is 5. The molecule has 0 aliphatic heterocycles. The van der Waals surface area contributed by atoms with Crippen molar-refractivity contribution in [3.63, 3.8) is 0 Å². The Hall–Kier alpha value is -3.03. The van der Waals surface area contributed by atoms with Crippen LogP contribution in [0.25, 0.3) is 23.1 Å². The Balaban J connectivity index is 1.97. The minimum Gasteiger partial charge on any atom is -0.481 e. The number of nitrogens with two attached hydrogens (primary N) is 1. The summed E-state index contributed by atoms with van der Waals surface area (Å²) in [6, 6.07) is 6.78. The fourth-order valence-corrected chi connectivity index (χ4v) is 1.58. The van der Waals surface area contributed by atoms with Crippen LogP contribution in [0.5, 0.6) is 5.88 Å². The van der Waals surface area contributed by atoms with Crippen molar-refractivity contribution in [2.45, 2.75) is 0 Å². The molecule has 0 bridgehead atoms. The molecule has 0 saturated carbocycles. The summed E-state index contributed by atoms with van der Waals surface area (Å²) >= 11 is 0. The van der Waals surface area contributed by atoms with Crippen molar-refractivity contribution in [1.82, 2.24) is 25.1 Å². The summed E-state index contributed by atoms with van der Waals surface area (Å²) in [5.41, 5.74) is 6.61. The van der Waals surface area contributed by atoms with E-state index in [4.69, 9.17) is 15.0 Å². The molecule has 0 spiro atoms. The zero-order chi connectivity index (χ0) is 13.9. The molecule has 100 valence electrons. The fraction of sp³-hybridized carbons (Fsp3) is 0.0833. The number of hydrogen-bond acceptors (Lipinski definition) is 8. The molecule has 3 rings (SSSR count). The summed E-state index contributed by atoms with van der Waals surface area (Å²) in [4.78, 5) is 16.3. The van der Waals surface area contributed by atoms with Crippen LogP contribution in [-0.4, -0.2) is 32.2 Å². The van der Waals surface area contributed by atoms with Gasteiger partial charge in [0, 0.05) is 6.07 Å². The zero-order valence-corrected chi connectivity index (χ0v) is 10.5. The van der Waals surface area contributed by atoms with Crippen LogP contribution in [0.1, 0.15) is 0 Å². The molecule has 3 heterocycles. The third-order valence-corrected chi connectivity index (χ3v) is 2.50. The summed E-state index contributed by atoms with van der Waals surface area (Å²) in [6.07, 6.45) is 1.36. The van der Waals surface area contributed by atoms with Crippen LogP contribution in [-0.2, 0) is 0 Å². The van der Waals surface area contributed by atoms with E-state index in [0.717, 1.165) is 0 Å². The summed E-state index contributed by atoms with van der Waals surface area (Å²) in [5, 5.41) is 3.86. The van der Waals surface area contributed by atoms with E-state index >= 15 is 0 Å². The molecular formula is C12H10N6O2. The monoisotopic (exact) mass is 270 g/mol. The first-order chi connectivity index (χ1) is 9.76. The van der Waals surface area contributed by atoms with E-state index in [2.05, 4.69) is 25.1 Å². The molecule has 8 nitrogen and oxygen atoms in total. The summed E-state index contributed by atoms with van der Waals surface area (Å²) in [6.45, 7) is 0. The molecule has 8 heteroatoms. The molecule has 3 aromatic heterocycles. The first kappa shape index (κ1) is 12.0. The lowest BCUT2D eigenvalue weighted by Crippen LogP contribution is -1.93. The molecule has 20 heavy (non-hydrogen) atoms. The Bertz CT molecular complexity index is 742. The second-order valence-corrected chi connectivity index (χ2v) is 3.82. The number of nitrogen functional groups attached to an aromatic ring is 1. The lowest BCUT2D eigenvalue weighted by molar-refractivity contribution is 0.397. The molecule has 3 aromatic rings. The maximum absolute atomic E-state index is 5.61. The second kappa shape index (κ2) is 4.92. The number of methoxy groups -OCH3 is 1. The van der Waals surface area contributed by atoms with Gasteiger partial charge >= 0.3 is 0 Å². The van der Waals surface area contributed by atoms with Gasteiger partial charge in [0.05, 0.1) is 7.11 Å². The summed E-state index contributed by atoms with van der Waals surface area (Å²) in [5.74, 6) is 1.39. The van der Waals surface area contributed by atoms with Gasteiger partial charge in [0.15, 0.2) is 0 Å². The van der Waals surface area contributed by atoms with Crippen molar-refractivity contribution in [3.05, 3.63) is 30.6 Å². The van der Waals surface area contributed by atoms with Gasteiger partial charge in [-0.1, -0.05) is 11.2 Å². The number of hydrogen-bond donors (Lipinski definition) is 1. The standard InChI is InChI=1S/C12H10N6O2/c1-19-10-5-8(14-6-15-10)11-17-12(20-18-11)7-3-2-4-9(13)16-7/h2-6H,1H3,(H2,13,16). The lowest BCUT2D eigenvalue weighted by Gasteiger charge is -1.97. The third-order valence-electron chi connectivity index (χ3n) is 2.50.